The van der Waals surface area contributed by atoms with Gasteiger partial charge in [0.25, 0.3) is 0 Å². The predicted molar refractivity (Wildman–Crippen MR) is 49.8 cm³/mol. The minimum absolute atomic E-state index is 0.153. The molecule has 12 heavy (non-hydrogen) atoms. The molecule has 70 valence electrons. The van der Waals surface area contributed by atoms with Gasteiger partial charge in [-0.2, -0.15) is 0 Å². The summed E-state index contributed by atoms with van der Waals surface area (Å²) in [6.45, 7) is 10.2. The molecular weight excluding hydrogens is 150 g/mol. The van der Waals surface area contributed by atoms with E-state index in [1.165, 1.54) is 0 Å². The van der Waals surface area contributed by atoms with Gasteiger partial charge in [0.2, 0.25) is 5.91 Å². The third-order valence-corrected chi connectivity index (χ3v) is 2.81. The first-order chi connectivity index (χ1) is 5.47. The number of rotatable bonds is 2. The summed E-state index contributed by atoms with van der Waals surface area (Å²) in [5.74, 6) is 1.03. The summed E-state index contributed by atoms with van der Waals surface area (Å²) in [4.78, 5) is 13.7. The Morgan fingerprint density at radius 3 is 2.33 bits per heavy atom. The molecule has 0 unspecified atom stereocenters. The first-order valence-corrected chi connectivity index (χ1v) is 4.76. The monoisotopic (exact) mass is 169 g/mol. The van der Waals surface area contributed by atoms with E-state index in [0.29, 0.717) is 11.8 Å². The van der Waals surface area contributed by atoms with Crippen LogP contribution in [-0.4, -0.2) is 23.9 Å². The quantitative estimate of drug-likeness (QED) is 0.618. The molecule has 0 aromatic rings. The summed E-state index contributed by atoms with van der Waals surface area (Å²) in [6.07, 6.45) is 0.927. The molecule has 2 heteroatoms. The third kappa shape index (κ3) is 1.62. The summed E-state index contributed by atoms with van der Waals surface area (Å²) in [5, 5.41) is 0. The predicted octanol–water partition coefficient (Wildman–Crippen LogP) is 1.90. The number of likely N-dealkylation sites (tertiary alicyclic amines) is 1. The van der Waals surface area contributed by atoms with Gasteiger partial charge in [-0.05, 0) is 12.3 Å². The molecule has 2 nitrogen and oxygen atoms in total. The maximum atomic E-state index is 11.7. The Balaban J connectivity index is 2.48. The van der Waals surface area contributed by atoms with E-state index in [-0.39, 0.29) is 5.41 Å². The highest BCUT2D eigenvalue weighted by atomic mass is 16.2. The van der Waals surface area contributed by atoms with Crippen molar-refractivity contribution in [2.45, 2.75) is 34.1 Å². The molecule has 1 aliphatic rings. The van der Waals surface area contributed by atoms with Crippen molar-refractivity contribution in [2.24, 2.45) is 11.3 Å². The van der Waals surface area contributed by atoms with Crippen LogP contribution in [0.3, 0.4) is 0 Å². The highest BCUT2D eigenvalue weighted by Crippen LogP contribution is 2.27. The molecule has 1 heterocycles. The van der Waals surface area contributed by atoms with Gasteiger partial charge in [0.05, 0.1) is 0 Å². The minimum Gasteiger partial charge on any atom is -0.342 e. The van der Waals surface area contributed by atoms with Crippen LogP contribution in [0.2, 0.25) is 0 Å². The van der Waals surface area contributed by atoms with Crippen LogP contribution in [0.15, 0.2) is 0 Å². The average Bonchev–Trinajstić information content (AvgIpc) is 1.97. The topological polar surface area (TPSA) is 20.3 Å². The summed E-state index contributed by atoms with van der Waals surface area (Å²) in [7, 11) is 0. The molecule has 1 fully saturated rings. The van der Waals surface area contributed by atoms with E-state index in [1.54, 1.807) is 0 Å². The Labute approximate surface area is 74.9 Å². The van der Waals surface area contributed by atoms with Crippen LogP contribution < -0.4 is 0 Å². The van der Waals surface area contributed by atoms with Crippen LogP contribution >= 0.6 is 0 Å². The van der Waals surface area contributed by atoms with Crippen molar-refractivity contribution in [3.05, 3.63) is 0 Å². The number of amides is 1. The molecule has 1 saturated heterocycles. The van der Waals surface area contributed by atoms with Crippen LogP contribution in [0.1, 0.15) is 34.1 Å². The van der Waals surface area contributed by atoms with Crippen LogP contribution in [0.5, 0.6) is 0 Å². The van der Waals surface area contributed by atoms with Gasteiger partial charge in [0, 0.05) is 18.5 Å². The number of hydrogen-bond donors (Lipinski definition) is 0. The molecule has 0 aromatic carbocycles. The van der Waals surface area contributed by atoms with Crippen molar-refractivity contribution in [1.29, 1.82) is 0 Å². The number of carbonyl (C=O) groups is 1. The standard InChI is InChI=1S/C10H19NO/c1-5-10(3,4)9(12)11-6-8(2)7-11/h8H,5-7H2,1-4H3. The Morgan fingerprint density at radius 1 is 1.50 bits per heavy atom. The summed E-state index contributed by atoms with van der Waals surface area (Å²) in [6, 6.07) is 0. The lowest BCUT2D eigenvalue weighted by atomic mass is 9.86. The molecule has 0 aromatic heterocycles. The molecule has 1 aliphatic heterocycles. The fraction of sp³-hybridized carbons (Fsp3) is 0.900. The van der Waals surface area contributed by atoms with Crippen molar-refractivity contribution < 1.29 is 4.79 Å². The maximum Gasteiger partial charge on any atom is 0.228 e. The van der Waals surface area contributed by atoms with Crippen LogP contribution in [-0.2, 0) is 4.79 Å². The normalized spacial score (nSPS) is 19.2. The molecule has 0 bridgehead atoms. The van der Waals surface area contributed by atoms with Gasteiger partial charge in [-0.3, -0.25) is 4.79 Å². The van der Waals surface area contributed by atoms with Gasteiger partial charge in [-0.15, -0.1) is 0 Å². The Morgan fingerprint density at radius 2 is 2.00 bits per heavy atom. The van der Waals surface area contributed by atoms with Gasteiger partial charge in [-0.25, -0.2) is 0 Å². The zero-order valence-electron chi connectivity index (χ0n) is 8.55. The maximum absolute atomic E-state index is 11.7. The van der Waals surface area contributed by atoms with Crippen molar-refractivity contribution >= 4 is 5.91 Å². The molecule has 1 rings (SSSR count). The number of hydrogen-bond acceptors (Lipinski definition) is 1. The highest BCUT2D eigenvalue weighted by molar-refractivity contribution is 5.82. The van der Waals surface area contributed by atoms with Crippen molar-refractivity contribution in [2.75, 3.05) is 13.1 Å². The van der Waals surface area contributed by atoms with Gasteiger partial charge in [-0.1, -0.05) is 27.7 Å². The SMILES string of the molecule is CCC(C)(C)C(=O)N1CC(C)C1. The largest absolute Gasteiger partial charge is 0.342 e. The van der Waals surface area contributed by atoms with E-state index in [0.717, 1.165) is 19.5 Å². The highest BCUT2D eigenvalue weighted by Gasteiger charge is 2.35. The summed E-state index contributed by atoms with van der Waals surface area (Å²) in [5.41, 5.74) is -0.153. The first kappa shape index (κ1) is 9.56. The summed E-state index contributed by atoms with van der Waals surface area (Å²) < 4.78 is 0. The van der Waals surface area contributed by atoms with Gasteiger partial charge >= 0.3 is 0 Å². The van der Waals surface area contributed by atoms with E-state index in [1.807, 2.05) is 18.7 Å². The second-order valence-corrected chi connectivity index (χ2v) is 4.55. The second kappa shape index (κ2) is 3.08. The van der Waals surface area contributed by atoms with Gasteiger partial charge in [0.1, 0.15) is 0 Å². The third-order valence-electron chi connectivity index (χ3n) is 2.81. The van der Waals surface area contributed by atoms with Crippen molar-refractivity contribution in [3.8, 4) is 0 Å². The number of carbonyl (C=O) groups excluding carboxylic acids is 1. The smallest absolute Gasteiger partial charge is 0.228 e. The molecule has 1 amide bonds. The number of nitrogens with zero attached hydrogens (tertiary/aromatic N) is 1. The van der Waals surface area contributed by atoms with E-state index < -0.39 is 0 Å². The van der Waals surface area contributed by atoms with E-state index in [4.69, 9.17) is 0 Å². The molecular formula is C10H19NO. The zero-order chi connectivity index (χ0) is 9.35. The van der Waals surface area contributed by atoms with Crippen LogP contribution in [0.4, 0.5) is 0 Å². The lowest BCUT2D eigenvalue weighted by Crippen LogP contribution is -2.53. The lowest BCUT2D eigenvalue weighted by Gasteiger charge is -2.41. The zero-order valence-corrected chi connectivity index (χ0v) is 8.55. The Bertz CT molecular complexity index is 180. The average molecular weight is 169 g/mol. The second-order valence-electron chi connectivity index (χ2n) is 4.55. The van der Waals surface area contributed by atoms with E-state index in [2.05, 4.69) is 13.8 Å². The first-order valence-electron chi connectivity index (χ1n) is 4.76. The molecule has 0 saturated carbocycles. The molecule has 0 spiro atoms. The minimum atomic E-state index is -0.153. The van der Waals surface area contributed by atoms with E-state index in [9.17, 15) is 4.79 Å². The Kier molecular flexibility index (Phi) is 2.45. The Hall–Kier alpha value is -0.530. The van der Waals surface area contributed by atoms with Crippen molar-refractivity contribution in [3.63, 3.8) is 0 Å². The lowest BCUT2D eigenvalue weighted by molar-refractivity contribution is -0.146. The van der Waals surface area contributed by atoms with Gasteiger partial charge < -0.3 is 4.90 Å². The molecule has 0 aliphatic carbocycles. The van der Waals surface area contributed by atoms with E-state index >= 15 is 0 Å². The fourth-order valence-corrected chi connectivity index (χ4v) is 1.44. The van der Waals surface area contributed by atoms with Gasteiger partial charge in [0.15, 0.2) is 0 Å². The molecule has 0 atom stereocenters. The van der Waals surface area contributed by atoms with Crippen LogP contribution in [0.25, 0.3) is 0 Å². The van der Waals surface area contributed by atoms with Crippen LogP contribution in [0, 0.1) is 11.3 Å². The molecule has 0 radical (unpaired) electrons. The molecule has 0 N–H and O–H groups in total. The fourth-order valence-electron chi connectivity index (χ4n) is 1.44. The summed E-state index contributed by atoms with van der Waals surface area (Å²) >= 11 is 0. The van der Waals surface area contributed by atoms with Crippen molar-refractivity contribution in [1.82, 2.24) is 4.90 Å².